The van der Waals surface area contributed by atoms with Gasteiger partial charge in [0, 0.05) is 0 Å². The van der Waals surface area contributed by atoms with E-state index >= 15 is 0 Å². The van der Waals surface area contributed by atoms with E-state index in [4.69, 9.17) is 11.6 Å². The van der Waals surface area contributed by atoms with Gasteiger partial charge in [-0.2, -0.15) is 4.99 Å². The molecule has 14 heavy (non-hydrogen) atoms. The summed E-state index contributed by atoms with van der Waals surface area (Å²) in [6, 6.07) is 4.30. The molecule has 0 saturated carbocycles. The summed E-state index contributed by atoms with van der Waals surface area (Å²) in [5.74, 6) is -0.531. The molecule has 5 heteroatoms. The van der Waals surface area contributed by atoms with Crippen LogP contribution >= 0.6 is 11.6 Å². The van der Waals surface area contributed by atoms with E-state index < -0.39 is 5.97 Å². The van der Waals surface area contributed by atoms with Crippen molar-refractivity contribution in [2.75, 3.05) is 7.11 Å². The molecule has 0 atom stereocenters. The maximum atomic E-state index is 11.1. The average molecular weight is 212 g/mol. The van der Waals surface area contributed by atoms with Crippen LogP contribution in [0, 0.1) is 0 Å². The molecule has 4 nitrogen and oxygen atoms in total. The maximum Gasteiger partial charge on any atom is 0.339 e. The third-order valence-corrected chi connectivity index (χ3v) is 1.85. The maximum absolute atomic E-state index is 11.1. The van der Waals surface area contributed by atoms with Gasteiger partial charge in [-0.1, -0.05) is 11.6 Å². The minimum atomic E-state index is -0.531. The Morgan fingerprint density at radius 2 is 2.29 bits per heavy atom. The number of carbonyl (C=O) groups excluding carboxylic acids is 2. The first kappa shape index (κ1) is 10.4. The summed E-state index contributed by atoms with van der Waals surface area (Å²) in [7, 11) is 1.26. The van der Waals surface area contributed by atoms with Crippen molar-refractivity contribution >= 4 is 29.3 Å². The zero-order valence-corrected chi connectivity index (χ0v) is 8.04. The Labute approximate surface area is 85.2 Å². The van der Waals surface area contributed by atoms with Gasteiger partial charge in [0.05, 0.1) is 23.4 Å². The van der Waals surface area contributed by atoms with Crippen LogP contribution in [0.1, 0.15) is 10.4 Å². The summed E-state index contributed by atoms with van der Waals surface area (Å²) in [6.07, 6.45) is 1.37. The van der Waals surface area contributed by atoms with Crippen LogP contribution in [-0.4, -0.2) is 19.2 Å². The zero-order valence-electron chi connectivity index (χ0n) is 7.28. The number of rotatable bonds is 2. The Hall–Kier alpha value is -1.64. The lowest BCUT2D eigenvalue weighted by molar-refractivity contribution is 0.0601. The van der Waals surface area contributed by atoms with Gasteiger partial charge < -0.3 is 4.74 Å². The van der Waals surface area contributed by atoms with Gasteiger partial charge in [-0.15, -0.1) is 0 Å². The third kappa shape index (κ3) is 2.19. The number of methoxy groups -OCH3 is 1. The van der Waals surface area contributed by atoms with Crippen molar-refractivity contribution in [3.8, 4) is 0 Å². The fourth-order valence-electron chi connectivity index (χ4n) is 0.902. The summed E-state index contributed by atoms with van der Waals surface area (Å²) >= 11 is 5.75. The number of hydrogen-bond acceptors (Lipinski definition) is 4. The highest BCUT2D eigenvalue weighted by atomic mass is 35.5. The predicted octanol–water partition coefficient (Wildman–Crippen LogP) is 2.09. The summed E-state index contributed by atoms with van der Waals surface area (Å²) < 4.78 is 4.49. The first-order chi connectivity index (χ1) is 6.69. The zero-order chi connectivity index (χ0) is 10.6. The molecular weight excluding hydrogens is 206 g/mol. The van der Waals surface area contributed by atoms with Gasteiger partial charge in [0.1, 0.15) is 0 Å². The first-order valence-corrected chi connectivity index (χ1v) is 4.02. The summed E-state index contributed by atoms with van der Waals surface area (Å²) in [4.78, 5) is 24.4. The quantitative estimate of drug-likeness (QED) is 0.428. The standard InChI is InChI=1S/C9H6ClNO3/c1-14-9(13)7-3-2-6(11-5-12)4-8(7)10/h2-4H,1H3. The number of isocyanates is 1. The molecule has 0 N–H and O–H groups in total. The molecule has 0 spiro atoms. The molecule has 0 heterocycles. The molecule has 1 aromatic carbocycles. The second kappa shape index (κ2) is 4.56. The van der Waals surface area contributed by atoms with Crippen LogP contribution in [0.15, 0.2) is 23.2 Å². The van der Waals surface area contributed by atoms with Gasteiger partial charge in [0.2, 0.25) is 6.08 Å². The van der Waals surface area contributed by atoms with E-state index in [-0.39, 0.29) is 10.6 Å². The van der Waals surface area contributed by atoms with E-state index in [1.54, 1.807) is 0 Å². The summed E-state index contributed by atoms with van der Waals surface area (Å²) in [6.45, 7) is 0. The monoisotopic (exact) mass is 211 g/mol. The average Bonchev–Trinajstić information content (AvgIpc) is 2.17. The molecule has 0 saturated heterocycles. The number of esters is 1. The molecule has 0 amide bonds. The Bertz CT molecular complexity index is 411. The van der Waals surface area contributed by atoms with Crippen molar-refractivity contribution in [1.29, 1.82) is 0 Å². The molecule has 0 unspecified atom stereocenters. The van der Waals surface area contributed by atoms with E-state index in [2.05, 4.69) is 9.73 Å². The molecule has 0 radical (unpaired) electrons. The predicted molar refractivity (Wildman–Crippen MR) is 50.6 cm³/mol. The highest BCUT2D eigenvalue weighted by molar-refractivity contribution is 6.33. The van der Waals surface area contributed by atoms with E-state index in [1.807, 2.05) is 0 Å². The van der Waals surface area contributed by atoms with Gasteiger partial charge in [-0.25, -0.2) is 9.59 Å². The number of halogens is 1. The molecule has 0 aliphatic rings. The van der Waals surface area contributed by atoms with Crippen LogP contribution in [0.2, 0.25) is 5.02 Å². The minimum Gasteiger partial charge on any atom is -0.465 e. The van der Waals surface area contributed by atoms with Crippen LogP contribution in [0.4, 0.5) is 5.69 Å². The van der Waals surface area contributed by atoms with Crippen LogP contribution < -0.4 is 0 Å². The van der Waals surface area contributed by atoms with Crippen molar-refractivity contribution in [3.05, 3.63) is 28.8 Å². The second-order valence-electron chi connectivity index (χ2n) is 2.36. The third-order valence-electron chi connectivity index (χ3n) is 1.53. The van der Waals surface area contributed by atoms with Gasteiger partial charge >= 0.3 is 5.97 Å². The van der Waals surface area contributed by atoms with E-state index in [9.17, 15) is 9.59 Å². The number of hydrogen-bond donors (Lipinski definition) is 0. The van der Waals surface area contributed by atoms with E-state index in [1.165, 1.54) is 31.4 Å². The van der Waals surface area contributed by atoms with Crippen LogP contribution in [0.25, 0.3) is 0 Å². The molecule has 1 aromatic rings. The molecule has 1 rings (SSSR count). The SMILES string of the molecule is COC(=O)c1ccc(N=C=O)cc1Cl. The fraction of sp³-hybridized carbons (Fsp3) is 0.111. The normalized spacial score (nSPS) is 9.00. The van der Waals surface area contributed by atoms with Crippen LogP contribution in [0.5, 0.6) is 0 Å². The Balaban J connectivity index is 3.13. The number of ether oxygens (including phenoxy) is 1. The van der Waals surface area contributed by atoms with Crippen molar-refractivity contribution < 1.29 is 14.3 Å². The number of benzene rings is 1. The molecule has 0 fully saturated rings. The summed E-state index contributed by atoms with van der Waals surface area (Å²) in [5, 5.41) is 0.188. The molecular formula is C9H6ClNO3. The van der Waals surface area contributed by atoms with E-state index in [0.29, 0.717) is 5.69 Å². The molecule has 72 valence electrons. The topological polar surface area (TPSA) is 55.7 Å². The van der Waals surface area contributed by atoms with Crippen molar-refractivity contribution in [3.63, 3.8) is 0 Å². The van der Waals surface area contributed by atoms with Gasteiger partial charge in [-0.3, -0.25) is 0 Å². The van der Waals surface area contributed by atoms with Crippen molar-refractivity contribution in [2.45, 2.75) is 0 Å². The highest BCUT2D eigenvalue weighted by Gasteiger charge is 2.10. The lowest BCUT2D eigenvalue weighted by Crippen LogP contribution is -2.01. The molecule has 0 bridgehead atoms. The molecule has 0 aromatic heterocycles. The molecule has 0 aliphatic carbocycles. The number of nitrogens with zero attached hydrogens (tertiary/aromatic N) is 1. The minimum absolute atomic E-state index is 0.188. The lowest BCUT2D eigenvalue weighted by Gasteiger charge is -2.01. The number of aliphatic imine (C=N–C) groups is 1. The van der Waals surface area contributed by atoms with Crippen LogP contribution in [-0.2, 0) is 9.53 Å². The van der Waals surface area contributed by atoms with Crippen molar-refractivity contribution in [1.82, 2.24) is 0 Å². The molecule has 0 aliphatic heterocycles. The van der Waals surface area contributed by atoms with Crippen LogP contribution in [0.3, 0.4) is 0 Å². The largest absolute Gasteiger partial charge is 0.465 e. The Morgan fingerprint density at radius 1 is 1.57 bits per heavy atom. The Morgan fingerprint density at radius 3 is 2.79 bits per heavy atom. The highest BCUT2D eigenvalue weighted by Crippen LogP contribution is 2.22. The van der Waals surface area contributed by atoms with Gasteiger partial charge in [-0.05, 0) is 18.2 Å². The summed E-state index contributed by atoms with van der Waals surface area (Å²) in [5.41, 5.74) is 0.580. The first-order valence-electron chi connectivity index (χ1n) is 3.64. The smallest absolute Gasteiger partial charge is 0.339 e. The second-order valence-corrected chi connectivity index (χ2v) is 2.77. The van der Waals surface area contributed by atoms with Gasteiger partial charge in [0.25, 0.3) is 0 Å². The number of carbonyl (C=O) groups is 1. The fourth-order valence-corrected chi connectivity index (χ4v) is 1.15. The van der Waals surface area contributed by atoms with E-state index in [0.717, 1.165) is 0 Å². The van der Waals surface area contributed by atoms with Gasteiger partial charge in [0.15, 0.2) is 0 Å². The lowest BCUT2D eigenvalue weighted by atomic mass is 10.2. The Kier molecular flexibility index (Phi) is 3.40. The van der Waals surface area contributed by atoms with Crippen molar-refractivity contribution in [2.24, 2.45) is 4.99 Å².